The van der Waals surface area contributed by atoms with Crippen molar-refractivity contribution >= 4 is 29.1 Å². The third-order valence-corrected chi connectivity index (χ3v) is 2.10. The number of nitrogens with zero attached hydrogens (tertiary/aromatic N) is 1. The number of benzene rings is 1. The lowest BCUT2D eigenvalue weighted by atomic mass is 10.2. The van der Waals surface area contributed by atoms with Gasteiger partial charge in [0, 0.05) is 0 Å². The number of hydrogen-bond donors (Lipinski definition) is 1. The Morgan fingerprint density at radius 3 is 2.83 bits per heavy atom. The summed E-state index contributed by atoms with van der Waals surface area (Å²) in [6.07, 6.45) is -0.802. The summed E-state index contributed by atoms with van der Waals surface area (Å²) in [5.41, 5.74) is -0.252. The molecule has 1 N–H and O–H groups in total. The van der Waals surface area contributed by atoms with Crippen molar-refractivity contribution in [2.45, 2.75) is 0 Å². The van der Waals surface area contributed by atoms with Crippen LogP contribution in [0.15, 0.2) is 18.2 Å². The Kier molecular flexibility index (Phi) is 5.19. The number of halogens is 1. The average molecular weight is 275 g/mol. The van der Waals surface area contributed by atoms with Crippen LogP contribution in [0.25, 0.3) is 0 Å². The van der Waals surface area contributed by atoms with Gasteiger partial charge >= 0.3 is 6.09 Å². The van der Waals surface area contributed by atoms with Gasteiger partial charge in [-0.2, -0.15) is 0 Å². The van der Waals surface area contributed by atoms with Gasteiger partial charge < -0.3 is 9.47 Å². The Morgan fingerprint density at radius 2 is 2.28 bits per heavy atom. The molecule has 98 valence electrons. The molecule has 0 aliphatic carbocycles. The molecule has 0 heterocycles. The molecule has 0 atom stereocenters. The van der Waals surface area contributed by atoms with Gasteiger partial charge in [-0.1, -0.05) is 0 Å². The molecule has 0 spiro atoms. The van der Waals surface area contributed by atoms with E-state index in [1.807, 2.05) is 0 Å². The first kappa shape index (κ1) is 14.0. The normalized spacial score (nSPS) is 9.67. The first-order valence-corrected chi connectivity index (χ1v) is 5.44. The van der Waals surface area contributed by atoms with Gasteiger partial charge in [0.05, 0.1) is 24.0 Å². The Labute approximate surface area is 108 Å². The van der Waals surface area contributed by atoms with Crippen molar-refractivity contribution in [3.8, 4) is 5.75 Å². The molecule has 0 unspecified atom stereocenters. The van der Waals surface area contributed by atoms with Crippen molar-refractivity contribution in [3.63, 3.8) is 0 Å². The number of nitro groups is 1. The zero-order valence-electron chi connectivity index (χ0n) is 9.51. The van der Waals surface area contributed by atoms with Crippen molar-refractivity contribution in [1.82, 2.24) is 0 Å². The second-order valence-electron chi connectivity index (χ2n) is 3.09. The topological polar surface area (TPSA) is 90.7 Å². The highest BCUT2D eigenvalue weighted by molar-refractivity contribution is 6.18. The summed E-state index contributed by atoms with van der Waals surface area (Å²) in [5, 5.41) is 13.1. The number of rotatable bonds is 5. The minimum absolute atomic E-state index is 0.0251. The molecule has 0 saturated heterocycles. The predicted octanol–water partition coefficient (Wildman–Crippen LogP) is 2.39. The summed E-state index contributed by atoms with van der Waals surface area (Å²) in [4.78, 5) is 21.5. The minimum Gasteiger partial charge on any atom is -0.496 e. The molecule has 1 aromatic carbocycles. The van der Waals surface area contributed by atoms with E-state index in [0.29, 0.717) is 5.75 Å². The van der Waals surface area contributed by atoms with Crippen LogP contribution in [0.3, 0.4) is 0 Å². The maximum atomic E-state index is 11.3. The van der Waals surface area contributed by atoms with Crippen molar-refractivity contribution in [2.75, 3.05) is 24.9 Å². The first-order chi connectivity index (χ1) is 8.58. The van der Waals surface area contributed by atoms with E-state index in [-0.39, 0.29) is 23.9 Å². The van der Waals surface area contributed by atoms with Gasteiger partial charge in [-0.25, -0.2) is 4.79 Å². The SMILES string of the molecule is COc1ccc(NC(=O)OCCCl)c([N+](=O)[O-])c1. The standard InChI is InChI=1S/C10H11ClN2O5/c1-17-7-2-3-8(9(6-7)13(15)16)12-10(14)18-5-4-11/h2-3,6H,4-5H2,1H3,(H,12,14). The molecule has 7 nitrogen and oxygen atoms in total. The number of carbonyl (C=O) groups excluding carboxylic acids is 1. The van der Waals surface area contributed by atoms with E-state index in [9.17, 15) is 14.9 Å². The van der Waals surface area contributed by atoms with E-state index < -0.39 is 11.0 Å². The lowest BCUT2D eigenvalue weighted by molar-refractivity contribution is -0.384. The molecule has 1 aromatic rings. The first-order valence-electron chi connectivity index (χ1n) is 4.90. The molecule has 0 radical (unpaired) electrons. The summed E-state index contributed by atoms with van der Waals surface area (Å²) in [5.74, 6) is 0.472. The number of nitrogens with one attached hydrogen (secondary N) is 1. The van der Waals surface area contributed by atoms with Crippen LogP contribution in [0.1, 0.15) is 0 Å². The van der Waals surface area contributed by atoms with Crippen LogP contribution in [0, 0.1) is 10.1 Å². The Balaban J connectivity index is 2.87. The average Bonchev–Trinajstić information content (AvgIpc) is 2.36. The number of amides is 1. The number of alkyl halides is 1. The van der Waals surface area contributed by atoms with Crippen LogP contribution in [0.4, 0.5) is 16.2 Å². The second kappa shape index (κ2) is 6.65. The van der Waals surface area contributed by atoms with Gasteiger partial charge in [-0.3, -0.25) is 15.4 Å². The monoisotopic (exact) mass is 274 g/mol. The summed E-state index contributed by atoms with van der Waals surface area (Å²) in [6, 6.07) is 4.06. The minimum atomic E-state index is -0.802. The summed E-state index contributed by atoms with van der Waals surface area (Å²) in [6.45, 7) is 0.0251. The highest BCUT2D eigenvalue weighted by Gasteiger charge is 2.17. The third kappa shape index (κ3) is 3.77. The van der Waals surface area contributed by atoms with Gasteiger partial charge in [-0.15, -0.1) is 11.6 Å². The number of nitro benzene ring substituents is 1. The molecule has 0 saturated carbocycles. The maximum Gasteiger partial charge on any atom is 0.411 e. The van der Waals surface area contributed by atoms with Crippen molar-refractivity contribution in [3.05, 3.63) is 28.3 Å². The largest absolute Gasteiger partial charge is 0.496 e. The van der Waals surface area contributed by atoms with E-state index in [1.165, 1.54) is 25.3 Å². The van der Waals surface area contributed by atoms with E-state index in [4.69, 9.17) is 16.3 Å². The quantitative estimate of drug-likeness (QED) is 0.506. The summed E-state index contributed by atoms with van der Waals surface area (Å²) >= 11 is 5.34. The molecule has 1 amide bonds. The Hall–Kier alpha value is -2.02. The van der Waals surface area contributed by atoms with E-state index in [2.05, 4.69) is 10.1 Å². The fourth-order valence-corrected chi connectivity index (χ4v) is 1.25. The number of anilines is 1. The Morgan fingerprint density at radius 1 is 1.56 bits per heavy atom. The number of methoxy groups -OCH3 is 1. The van der Waals surface area contributed by atoms with Gasteiger partial charge in [0.25, 0.3) is 5.69 Å². The van der Waals surface area contributed by atoms with Gasteiger partial charge in [0.15, 0.2) is 0 Å². The fraction of sp³-hybridized carbons (Fsp3) is 0.300. The van der Waals surface area contributed by atoms with Crippen molar-refractivity contribution < 1.29 is 19.2 Å². The third-order valence-electron chi connectivity index (χ3n) is 1.95. The van der Waals surface area contributed by atoms with Crippen LogP contribution in [0.5, 0.6) is 5.75 Å². The van der Waals surface area contributed by atoms with E-state index in [1.54, 1.807) is 0 Å². The number of ether oxygens (including phenoxy) is 2. The smallest absolute Gasteiger partial charge is 0.411 e. The van der Waals surface area contributed by atoms with Gasteiger partial charge in [0.2, 0.25) is 0 Å². The Bertz CT molecular complexity index is 452. The molecular weight excluding hydrogens is 264 g/mol. The van der Waals surface area contributed by atoms with Crippen molar-refractivity contribution in [2.24, 2.45) is 0 Å². The second-order valence-corrected chi connectivity index (χ2v) is 3.47. The molecule has 0 aliphatic heterocycles. The number of carbonyl (C=O) groups is 1. The fourth-order valence-electron chi connectivity index (χ4n) is 1.17. The van der Waals surface area contributed by atoms with Gasteiger partial charge in [-0.05, 0) is 12.1 Å². The van der Waals surface area contributed by atoms with Crippen LogP contribution in [0.2, 0.25) is 0 Å². The van der Waals surface area contributed by atoms with Gasteiger partial charge in [0.1, 0.15) is 18.0 Å². The molecule has 1 rings (SSSR count). The number of hydrogen-bond acceptors (Lipinski definition) is 5. The van der Waals surface area contributed by atoms with Crippen LogP contribution in [-0.4, -0.2) is 30.6 Å². The molecule has 0 aliphatic rings. The highest BCUT2D eigenvalue weighted by atomic mass is 35.5. The van der Waals surface area contributed by atoms with Crippen molar-refractivity contribution in [1.29, 1.82) is 0 Å². The summed E-state index contributed by atoms with van der Waals surface area (Å²) < 4.78 is 9.51. The van der Waals surface area contributed by atoms with Crippen LogP contribution < -0.4 is 10.1 Å². The summed E-state index contributed by atoms with van der Waals surface area (Å²) in [7, 11) is 1.39. The molecular formula is C10H11ClN2O5. The van der Waals surface area contributed by atoms with Crippen LogP contribution in [-0.2, 0) is 4.74 Å². The molecule has 0 aromatic heterocycles. The highest BCUT2D eigenvalue weighted by Crippen LogP contribution is 2.28. The molecule has 8 heteroatoms. The predicted molar refractivity (Wildman–Crippen MR) is 65.3 cm³/mol. The molecule has 0 fully saturated rings. The lowest BCUT2D eigenvalue weighted by Crippen LogP contribution is -2.15. The molecule has 18 heavy (non-hydrogen) atoms. The van der Waals surface area contributed by atoms with Crippen LogP contribution >= 0.6 is 11.6 Å². The zero-order valence-corrected chi connectivity index (χ0v) is 10.3. The van der Waals surface area contributed by atoms with E-state index in [0.717, 1.165) is 0 Å². The lowest BCUT2D eigenvalue weighted by Gasteiger charge is -2.07. The maximum absolute atomic E-state index is 11.3. The zero-order chi connectivity index (χ0) is 13.5. The van der Waals surface area contributed by atoms with E-state index >= 15 is 0 Å². The molecule has 0 bridgehead atoms.